The first-order valence-corrected chi connectivity index (χ1v) is 7.57. The first kappa shape index (κ1) is 16.3. The van der Waals surface area contributed by atoms with Crippen molar-refractivity contribution >= 4 is 34.6 Å². The molecule has 1 unspecified atom stereocenters. The highest BCUT2D eigenvalue weighted by Gasteiger charge is 2.24. The van der Waals surface area contributed by atoms with E-state index in [4.69, 9.17) is 28.6 Å². The number of anilines is 1. The van der Waals surface area contributed by atoms with E-state index in [2.05, 4.69) is 5.32 Å². The summed E-state index contributed by atoms with van der Waals surface area (Å²) in [5, 5.41) is 12.9. The van der Waals surface area contributed by atoms with Crippen LogP contribution in [0, 0.1) is 5.82 Å². The van der Waals surface area contributed by atoms with Gasteiger partial charge in [-0.05, 0) is 37.5 Å². The van der Waals surface area contributed by atoms with Gasteiger partial charge in [0.2, 0.25) is 0 Å². The maximum absolute atomic E-state index is 13.9. The topological polar surface area (TPSA) is 44.7 Å². The molecule has 0 amide bonds. The standard InChI is InChI=1S/C14H18ClFN2O2S/c1-20-13-7-12(11(16)6-10(13)15)17-14(21)18-5-3-2-4-9(18)8-19/h6-7,9,19H,2-5,8H2,1H3,(H,17,21). The quantitative estimate of drug-likeness (QED) is 0.833. The first-order valence-electron chi connectivity index (χ1n) is 6.78. The number of halogens is 2. The molecule has 0 aliphatic carbocycles. The molecule has 0 aromatic heterocycles. The van der Waals surface area contributed by atoms with E-state index in [0.717, 1.165) is 25.8 Å². The van der Waals surface area contributed by atoms with Crippen LogP contribution in [0.15, 0.2) is 12.1 Å². The Kier molecular flexibility index (Phi) is 5.61. The van der Waals surface area contributed by atoms with E-state index in [1.54, 1.807) is 0 Å². The minimum absolute atomic E-state index is 0.0176. The number of piperidine rings is 1. The summed E-state index contributed by atoms with van der Waals surface area (Å²) in [5.74, 6) is -0.124. The summed E-state index contributed by atoms with van der Waals surface area (Å²) in [6, 6.07) is 2.64. The lowest BCUT2D eigenvalue weighted by molar-refractivity contribution is 0.149. The molecule has 2 N–H and O–H groups in total. The maximum atomic E-state index is 13.9. The van der Waals surface area contributed by atoms with Crippen LogP contribution in [-0.2, 0) is 0 Å². The third kappa shape index (κ3) is 3.75. The molecule has 1 saturated heterocycles. The molecule has 116 valence electrons. The van der Waals surface area contributed by atoms with Gasteiger partial charge in [-0.25, -0.2) is 4.39 Å². The Labute approximate surface area is 133 Å². The van der Waals surface area contributed by atoms with Crippen molar-refractivity contribution in [3.63, 3.8) is 0 Å². The number of aliphatic hydroxyl groups excluding tert-OH is 1. The van der Waals surface area contributed by atoms with Gasteiger partial charge in [-0.15, -0.1) is 0 Å². The predicted molar refractivity (Wildman–Crippen MR) is 85.6 cm³/mol. The third-order valence-electron chi connectivity index (χ3n) is 3.58. The molecule has 1 aliphatic rings. The Hall–Kier alpha value is -1.11. The summed E-state index contributed by atoms with van der Waals surface area (Å²) in [7, 11) is 1.47. The van der Waals surface area contributed by atoms with E-state index in [9.17, 15) is 9.50 Å². The molecule has 0 spiro atoms. The predicted octanol–water partition coefficient (Wildman–Crippen LogP) is 3.03. The molecule has 21 heavy (non-hydrogen) atoms. The molecule has 1 aromatic rings. The molecule has 1 aromatic carbocycles. The number of hydrogen-bond acceptors (Lipinski definition) is 3. The normalized spacial score (nSPS) is 18.5. The number of nitrogens with zero attached hydrogens (tertiary/aromatic N) is 1. The fourth-order valence-electron chi connectivity index (χ4n) is 2.43. The number of nitrogens with one attached hydrogen (secondary N) is 1. The van der Waals surface area contributed by atoms with Gasteiger partial charge in [-0.2, -0.15) is 0 Å². The van der Waals surface area contributed by atoms with E-state index in [1.165, 1.54) is 19.2 Å². The number of ether oxygens (including phenoxy) is 1. The van der Waals surface area contributed by atoms with Crippen molar-refractivity contribution in [2.75, 3.05) is 25.6 Å². The number of rotatable bonds is 3. The van der Waals surface area contributed by atoms with Crippen LogP contribution in [-0.4, -0.2) is 41.4 Å². The molecule has 1 heterocycles. The lowest BCUT2D eigenvalue weighted by Crippen LogP contribution is -2.47. The summed E-state index contributed by atoms with van der Waals surface area (Å²) < 4.78 is 19.0. The van der Waals surface area contributed by atoms with Crippen LogP contribution in [0.1, 0.15) is 19.3 Å². The van der Waals surface area contributed by atoms with E-state index in [1.807, 2.05) is 4.90 Å². The van der Waals surface area contributed by atoms with Crippen molar-refractivity contribution in [3.8, 4) is 5.75 Å². The molecule has 2 rings (SSSR count). The first-order chi connectivity index (χ1) is 10.1. The van der Waals surface area contributed by atoms with Crippen LogP contribution in [0.3, 0.4) is 0 Å². The van der Waals surface area contributed by atoms with Crippen molar-refractivity contribution in [1.82, 2.24) is 4.90 Å². The van der Waals surface area contributed by atoms with E-state index in [0.29, 0.717) is 10.9 Å². The van der Waals surface area contributed by atoms with Crippen LogP contribution in [0.4, 0.5) is 10.1 Å². The molecule has 1 fully saturated rings. The summed E-state index contributed by atoms with van der Waals surface area (Å²) in [4.78, 5) is 1.90. The highest BCUT2D eigenvalue weighted by atomic mass is 35.5. The fourth-order valence-corrected chi connectivity index (χ4v) is 3.00. The molecule has 0 radical (unpaired) electrons. The van der Waals surface area contributed by atoms with Crippen LogP contribution in [0.5, 0.6) is 5.75 Å². The SMILES string of the molecule is COc1cc(NC(=S)N2CCCCC2CO)c(F)cc1Cl. The Balaban J connectivity index is 2.15. The van der Waals surface area contributed by atoms with Gasteiger partial charge in [0.25, 0.3) is 0 Å². The summed E-state index contributed by atoms with van der Waals surface area (Å²) in [6.07, 6.45) is 2.95. The molecule has 1 atom stereocenters. The summed E-state index contributed by atoms with van der Waals surface area (Å²) >= 11 is 11.2. The number of thiocarbonyl (C=S) groups is 1. The zero-order valence-electron chi connectivity index (χ0n) is 11.7. The minimum atomic E-state index is -0.499. The van der Waals surface area contributed by atoms with Gasteiger partial charge >= 0.3 is 0 Å². The van der Waals surface area contributed by atoms with Gasteiger partial charge in [0.15, 0.2) is 5.11 Å². The van der Waals surface area contributed by atoms with Crippen molar-refractivity contribution in [2.24, 2.45) is 0 Å². The highest BCUT2D eigenvalue weighted by molar-refractivity contribution is 7.80. The van der Waals surface area contributed by atoms with Gasteiger partial charge < -0.3 is 20.1 Å². The van der Waals surface area contributed by atoms with Crippen LogP contribution >= 0.6 is 23.8 Å². The molecule has 0 bridgehead atoms. The largest absolute Gasteiger partial charge is 0.495 e. The van der Waals surface area contributed by atoms with Crippen molar-refractivity contribution in [2.45, 2.75) is 25.3 Å². The second-order valence-electron chi connectivity index (χ2n) is 4.92. The number of likely N-dealkylation sites (tertiary alicyclic amines) is 1. The average Bonchev–Trinajstić information content (AvgIpc) is 2.49. The second kappa shape index (κ2) is 7.24. The second-order valence-corrected chi connectivity index (χ2v) is 5.72. The summed E-state index contributed by atoms with van der Waals surface area (Å²) in [5.41, 5.74) is 0.212. The van der Waals surface area contributed by atoms with Gasteiger partial charge in [0.1, 0.15) is 11.6 Å². The fraction of sp³-hybridized carbons (Fsp3) is 0.500. The molecule has 1 aliphatic heterocycles. The van der Waals surface area contributed by atoms with Crippen LogP contribution in [0.25, 0.3) is 0 Å². The van der Waals surface area contributed by atoms with Gasteiger partial charge in [-0.3, -0.25) is 0 Å². The Bertz CT molecular complexity index is 530. The monoisotopic (exact) mass is 332 g/mol. The minimum Gasteiger partial charge on any atom is -0.495 e. The van der Waals surface area contributed by atoms with E-state index in [-0.39, 0.29) is 23.4 Å². The van der Waals surface area contributed by atoms with Gasteiger partial charge in [0.05, 0.1) is 30.5 Å². The van der Waals surface area contributed by atoms with E-state index >= 15 is 0 Å². The average molecular weight is 333 g/mol. The van der Waals surface area contributed by atoms with Crippen molar-refractivity contribution < 1.29 is 14.2 Å². The lowest BCUT2D eigenvalue weighted by atomic mass is 10.0. The zero-order chi connectivity index (χ0) is 15.4. The van der Waals surface area contributed by atoms with Crippen LogP contribution in [0.2, 0.25) is 5.02 Å². The maximum Gasteiger partial charge on any atom is 0.173 e. The van der Waals surface area contributed by atoms with Crippen LogP contribution < -0.4 is 10.1 Å². The molecule has 0 saturated carbocycles. The zero-order valence-corrected chi connectivity index (χ0v) is 13.3. The van der Waals surface area contributed by atoms with E-state index < -0.39 is 5.82 Å². The number of benzene rings is 1. The lowest BCUT2D eigenvalue weighted by Gasteiger charge is -2.36. The molecule has 7 heteroatoms. The summed E-state index contributed by atoms with van der Waals surface area (Å²) in [6.45, 7) is 0.789. The van der Waals surface area contributed by atoms with Crippen molar-refractivity contribution in [1.29, 1.82) is 0 Å². The molecule has 4 nitrogen and oxygen atoms in total. The number of aliphatic hydroxyl groups is 1. The Morgan fingerprint density at radius 1 is 1.57 bits per heavy atom. The Morgan fingerprint density at radius 3 is 3.00 bits per heavy atom. The smallest absolute Gasteiger partial charge is 0.173 e. The number of hydrogen-bond donors (Lipinski definition) is 2. The number of methoxy groups -OCH3 is 1. The third-order valence-corrected chi connectivity index (χ3v) is 4.21. The van der Waals surface area contributed by atoms with Crippen molar-refractivity contribution in [3.05, 3.63) is 23.0 Å². The van der Waals surface area contributed by atoms with Gasteiger partial charge in [0, 0.05) is 12.6 Å². The Morgan fingerprint density at radius 2 is 2.33 bits per heavy atom. The van der Waals surface area contributed by atoms with Gasteiger partial charge in [-0.1, -0.05) is 11.6 Å². The molecular formula is C14H18ClFN2O2S. The highest BCUT2D eigenvalue weighted by Crippen LogP contribution is 2.30. The molecular weight excluding hydrogens is 315 g/mol.